The summed E-state index contributed by atoms with van der Waals surface area (Å²) in [5, 5.41) is 37.9. The second-order valence-electron chi connectivity index (χ2n) is 6.82. The van der Waals surface area contributed by atoms with Crippen molar-refractivity contribution < 1.29 is 20.1 Å². The predicted molar refractivity (Wildman–Crippen MR) is 113 cm³/mol. The summed E-state index contributed by atoms with van der Waals surface area (Å²) in [6.07, 6.45) is 0.575. The van der Waals surface area contributed by atoms with E-state index in [0.717, 1.165) is 5.56 Å². The van der Waals surface area contributed by atoms with E-state index in [4.69, 9.17) is 0 Å². The van der Waals surface area contributed by atoms with Crippen LogP contribution in [0.3, 0.4) is 0 Å². The van der Waals surface area contributed by atoms with Crippen LogP contribution in [0.15, 0.2) is 35.3 Å². The number of aromatic amines is 1. The number of nitrogens with zero attached hydrogens (tertiary/aromatic N) is 4. The fourth-order valence-corrected chi connectivity index (χ4v) is 2.97. The minimum absolute atomic E-state index is 0.0200. The number of benzene rings is 1. The van der Waals surface area contributed by atoms with Crippen molar-refractivity contribution in [2.75, 3.05) is 19.4 Å². The number of aliphatic imine (C=N–C) groups is 1. The molecule has 0 unspecified atom stereocenters. The highest BCUT2D eigenvalue weighted by molar-refractivity contribution is 6.03. The fourth-order valence-electron chi connectivity index (χ4n) is 2.97. The molecule has 3 rings (SSSR count). The summed E-state index contributed by atoms with van der Waals surface area (Å²) in [6, 6.07) is 9.43. The molecular formula is C20H24N6O4. The van der Waals surface area contributed by atoms with Crippen LogP contribution in [0.25, 0.3) is 0 Å². The van der Waals surface area contributed by atoms with Gasteiger partial charge in [0.15, 0.2) is 22.9 Å². The van der Waals surface area contributed by atoms with E-state index in [9.17, 15) is 20.1 Å². The zero-order chi connectivity index (χ0) is 22.0. The number of aryl methyl sites for hydroxylation is 1. The number of rotatable bonds is 6. The van der Waals surface area contributed by atoms with Crippen LogP contribution in [0.2, 0.25) is 0 Å². The second-order valence-corrected chi connectivity index (χ2v) is 6.82. The number of nitrogens with one attached hydrogen (secondary N) is 2. The maximum absolute atomic E-state index is 12.3. The van der Waals surface area contributed by atoms with Gasteiger partial charge in [-0.15, -0.1) is 0 Å². The van der Waals surface area contributed by atoms with E-state index >= 15 is 0 Å². The molecule has 158 valence electrons. The van der Waals surface area contributed by atoms with Crippen LogP contribution in [-0.2, 0) is 7.05 Å². The number of aromatic hydroxyl groups is 3. The molecular weight excluding hydrogens is 388 g/mol. The third kappa shape index (κ3) is 3.79. The van der Waals surface area contributed by atoms with Gasteiger partial charge >= 0.3 is 0 Å². The Morgan fingerprint density at radius 3 is 2.47 bits per heavy atom. The van der Waals surface area contributed by atoms with Crippen molar-refractivity contribution in [2.24, 2.45) is 12.0 Å². The van der Waals surface area contributed by atoms with Crippen LogP contribution in [0.5, 0.6) is 17.5 Å². The first-order valence-corrected chi connectivity index (χ1v) is 9.26. The van der Waals surface area contributed by atoms with E-state index in [0.29, 0.717) is 12.1 Å². The Kier molecular flexibility index (Phi) is 5.67. The van der Waals surface area contributed by atoms with Crippen molar-refractivity contribution in [2.45, 2.75) is 13.3 Å². The van der Waals surface area contributed by atoms with E-state index in [-0.39, 0.29) is 40.4 Å². The quantitative estimate of drug-likeness (QED) is 0.395. The zero-order valence-electron chi connectivity index (χ0n) is 17.1. The Hall–Kier alpha value is -3.95. The van der Waals surface area contributed by atoms with Crippen LogP contribution >= 0.6 is 0 Å². The lowest BCUT2D eigenvalue weighted by atomic mass is 10.1. The average Bonchev–Trinajstić information content (AvgIpc) is 3.14. The topological polar surface area (TPSA) is 139 Å². The van der Waals surface area contributed by atoms with E-state index in [1.54, 1.807) is 14.1 Å². The van der Waals surface area contributed by atoms with Crippen LogP contribution in [-0.4, -0.2) is 60.7 Å². The lowest BCUT2D eigenvalue weighted by molar-refractivity contribution is 0.0814. The summed E-state index contributed by atoms with van der Waals surface area (Å²) in [4.78, 5) is 20.5. The summed E-state index contributed by atoms with van der Waals surface area (Å²) in [5.74, 6) is -1.62. The van der Waals surface area contributed by atoms with E-state index in [1.165, 1.54) is 16.6 Å². The van der Waals surface area contributed by atoms with Crippen LogP contribution < -0.4 is 5.32 Å². The van der Waals surface area contributed by atoms with Gasteiger partial charge in [-0.3, -0.25) is 14.5 Å². The van der Waals surface area contributed by atoms with Gasteiger partial charge in [0.2, 0.25) is 11.8 Å². The van der Waals surface area contributed by atoms with Gasteiger partial charge in [-0.2, -0.15) is 5.10 Å². The zero-order valence-corrected chi connectivity index (χ0v) is 17.1. The van der Waals surface area contributed by atoms with E-state index in [1.807, 2.05) is 37.3 Å². The molecule has 0 atom stereocenters. The summed E-state index contributed by atoms with van der Waals surface area (Å²) >= 11 is 0. The van der Waals surface area contributed by atoms with Gasteiger partial charge in [0.25, 0.3) is 5.91 Å². The molecule has 2 heterocycles. The number of H-pyrrole nitrogens is 1. The van der Waals surface area contributed by atoms with E-state index < -0.39 is 5.91 Å². The van der Waals surface area contributed by atoms with Gasteiger partial charge in [-0.1, -0.05) is 37.3 Å². The minimum Gasteiger partial charge on any atom is -0.503 e. The Morgan fingerprint density at radius 2 is 1.87 bits per heavy atom. The molecule has 0 aliphatic heterocycles. The number of aromatic nitrogens is 3. The summed E-state index contributed by atoms with van der Waals surface area (Å²) in [7, 11) is 4.63. The number of carbonyl (C=O) groups is 1. The van der Waals surface area contributed by atoms with Crippen LogP contribution in [0.4, 0.5) is 17.2 Å². The smallest absolute Gasteiger partial charge is 0.275 e. The van der Waals surface area contributed by atoms with Crippen molar-refractivity contribution >= 4 is 28.8 Å². The van der Waals surface area contributed by atoms with Crippen molar-refractivity contribution in [3.63, 3.8) is 0 Å². The third-order valence-corrected chi connectivity index (χ3v) is 4.50. The molecule has 1 amide bonds. The fraction of sp³-hybridized carbons (Fsp3) is 0.250. The van der Waals surface area contributed by atoms with Gasteiger partial charge in [-0.25, -0.2) is 4.99 Å². The summed E-state index contributed by atoms with van der Waals surface area (Å²) in [5.41, 5.74) is 1.60. The maximum Gasteiger partial charge on any atom is 0.275 e. The van der Waals surface area contributed by atoms with Crippen molar-refractivity contribution in [3.05, 3.63) is 41.6 Å². The average molecular weight is 412 g/mol. The molecule has 2 aromatic heterocycles. The van der Waals surface area contributed by atoms with Gasteiger partial charge < -0.3 is 25.5 Å². The molecule has 1 aromatic carbocycles. The highest BCUT2D eigenvalue weighted by atomic mass is 16.3. The lowest BCUT2D eigenvalue weighted by Gasteiger charge is -2.10. The van der Waals surface area contributed by atoms with Crippen molar-refractivity contribution in [3.8, 4) is 17.5 Å². The molecule has 0 saturated heterocycles. The monoisotopic (exact) mass is 412 g/mol. The molecule has 0 bridgehead atoms. The van der Waals surface area contributed by atoms with Gasteiger partial charge in [-0.05, 0) is 12.0 Å². The number of hydrogen-bond donors (Lipinski definition) is 5. The molecule has 0 fully saturated rings. The van der Waals surface area contributed by atoms with Gasteiger partial charge in [0, 0.05) is 26.9 Å². The first kappa shape index (κ1) is 20.8. The van der Waals surface area contributed by atoms with E-state index in [2.05, 4.69) is 20.4 Å². The molecule has 5 N–H and O–H groups in total. The maximum atomic E-state index is 12.3. The molecule has 0 aliphatic rings. The third-order valence-electron chi connectivity index (χ3n) is 4.50. The van der Waals surface area contributed by atoms with Gasteiger partial charge in [0.05, 0.1) is 0 Å². The molecule has 0 saturated carbocycles. The Balaban J connectivity index is 2.05. The summed E-state index contributed by atoms with van der Waals surface area (Å²) in [6.45, 7) is 1.92. The van der Waals surface area contributed by atoms with Crippen LogP contribution in [0.1, 0.15) is 29.4 Å². The standard InChI is InChI=1S/C20H24N6O4/c1-5-12(11-9-7-6-8-10-11)21-13-14(19(29)23-18(13)28)22-17-16(27)15(26(4)24-17)20(30)25(2)3/h6-10,23,27-29H,5H2,1-4H3,(H,22,24). The molecule has 0 aliphatic carbocycles. The number of anilines is 2. The number of hydrogen-bond acceptors (Lipinski definition) is 7. The molecule has 30 heavy (non-hydrogen) atoms. The molecule has 10 nitrogen and oxygen atoms in total. The molecule has 3 aromatic rings. The predicted octanol–water partition coefficient (Wildman–Crippen LogP) is 2.84. The minimum atomic E-state index is -0.438. The molecule has 10 heteroatoms. The Morgan fingerprint density at radius 1 is 1.20 bits per heavy atom. The SMILES string of the molecule is CCC(=Nc1c(O)[nH]c(O)c1Nc1nn(C)c(C(=O)N(C)C)c1O)c1ccccc1. The second kappa shape index (κ2) is 8.19. The van der Waals surface area contributed by atoms with Crippen molar-refractivity contribution in [1.82, 2.24) is 19.7 Å². The molecule has 0 radical (unpaired) electrons. The lowest BCUT2D eigenvalue weighted by Crippen LogP contribution is -2.24. The van der Waals surface area contributed by atoms with Crippen molar-refractivity contribution in [1.29, 1.82) is 0 Å². The Bertz CT molecular complexity index is 1100. The normalized spacial score (nSPS) is 11.5. The number of amides is 1. The van der Waals surface area contributed by atoms with Crippen LogP contribution in [0, 0.1) is 0 Å². The number of carbonyl (C=O) groups excluding carboxylic acids is 1. The molecule has 0 spiro atoms. The Labute approximate surface area is 173 Å². The highest BCUT2D eigenvalue weighted by Crippen LogP contribution is 2.45. The first-order chi connectivity index (χ1) is 14.2. The largest absolute Gasteiger partial charge is 0.503 e. The first-order valence-electron chi connectivity index (χ1n) is 9.26. The van der Waals surface area contributed by atoms with Gasteiger partial charge in [0.1, 0.15) is 5.69 Å². The summed E-state index contributed by atoms with van der Waals surface area (Å²) < 4.78 is 1.23. The highest BCUT2D eigenvalue weighted by Gasteiger charge is 2.26.